The maximum absolute atomic E-state index is 11.2. The lowest BCUT2D eigenvalue weighted by atomic mass is 9.98. The summed E-state index contributed by atoms with van der Waals surface area (Å²) >= 11 is 0. The summed E-state index contributed by atoms with van der Waals surface area (Å²) in [6, 6.07) is 8.14. The predicted molar refractivity (Wildman–Crippen MR) is 93.9 cm³/mol. The van der Waals surface area contributed by atoms with Crippen molar-refractivity contribution in [2.24, 2.45) is 0 Å². The predicted octanol–water partition coefficient (Wildman–Crippen LogP) is 3.69. The Kier molecular flexibility index (Phi) is 5.49. The Bertz CT molecular complexity index is 790. The van der Waals surface area contributed by atoms with Gasteiger partial charge < -0.3 is 18.9 Å². The van der Waals surface area contributed by atoms with E-state index < -0.39 is 4.92 Å². The summed E-state index contributed by atoms with van der Waals surface area (Å²) in [5.74, 6) is 1.59. The lowest BCUT2D eigenvalue weighted by molar-refractivity contribution is -0.385. The average molecular weight is 345 g/mol. The number of methoxy groups -OCH3 is 4. The van der Waals surface area contributed by atoms with E-state index in [0.717, 1.165) is 0 Å². The van der Waals surface area contributed by atoms with Gasteiger partial charge in [0.2, 0.25) is 5.75 Å². The molecule has 2 aromatic rings. The van der Waals surface area contributed by atoms with Crippen LogP contribution in [0.2, 0.25) is 0 Å². The molecule has 0 radical (unpaired) electrons. The van der Waals surface area contributed by atoms with Crippen molar-refractivity contribution < 1.29 is 23.9 Å². The Morgan fingerprint density at radius 2 is 1.44 bits per heavy atom. The first kappa shape index (κ1) is 18.1. The van der Waals surface area contributed by atoms with Crippen LogP contribution in [-0.2, 0) is 0 Å². The molecule has 0 N–H and O–H groups in total. The van der Waals surface area contributed by atoms with Gasteiger partial charge in [-0.3, -0.25) is 10.1 Å². The van der Waals surface area contributed by atoms with Crippen LogP contribution in [0.5, 0.6) is 23.0 Å². The summed E-state index contributed by atoms with van der Waals surface area (Å²) in [5.41, 5.74) is 1.72. The number of hydrogen-bond donors (Lipinski definition) is 0. The molecule has 0 amide bonds. The lowest BCUT2D eigenvalue weighted by Gasteiger charge is -2.15. The highest BCUT2D eigenvalue weighted by molar-refractivity contribution is 5.82. The highest BCUT2D eigenvalue weighted by atomic mass is 16.6. The number of nitro groups is 1. The van der Waals surface area contributed by atoms with Crippen LogP contribution in [0.1, 0.15) is 11.1 Å². The number of hydrogen-bond acceptors (Lipinski definition) is 6. The smallest absolute Gasteiger partial charge is 0.311 e. The van der Waals surface area contributed by atoms with Gasteiger partial charge in [-0.05, 0) is 34.9 Å². The summed E-state index contributed by atoms with van der Waals surface area (Å²) in [4.78, 5) is 10.7. The molecule has 0 atom stereocenters. The summed E-state index contributed by atoms with van der Waals surface area (Å²) in [5, 5.41) is 11.2. The molecule has 2 aromatic carbocycles. The Balaban J connectivity index is 2.54. The highest BCUT2D eigenvalue weighted by Gasteiger charge is 2.19. The fourth-order valence-corrected chi connectivity index (χ4v) is 2.44. The van der Waals surface area contributed by atoms with E-state index in [9.17, 15) is 10.1 Å². The van der Waals surface area contributed by atoms with Crippen LogP contribution in [0.25, 0.3) is 5.57 Å². The number of benzene rings is 2. The first-order valence-corrected chi connectivity index (χ1v) is 7.28. The van der Waals surface area contributed by atoms with Crippen molar-refractivity contribution in [1.82, 2.24) is 0 Å². The first-order valence-electron chi connectivity index (χ1n) is 7.28. The molecule has 0 bridgehead atoms. The molecule has 2 rings (SSSR count). The summed E-state index contributed by atoms with van der Waals surface area (Å²) in [6.45, 7) is 4.04. The molecule has 0 fully saturated rings. The normalized spacial score (nSPS) is 10.1. The van der Waals surface area contributed by atoms with Gasteiger partial charge in [0.1, 0.15) is 0 Å². The van der Waals surface area contributed by atoms with Crippen LogP contribution in [-0.4, -0.2) is 33.4 Å². The van der Waals surface area contributed by atoms with E-state index in [-0.39, 0.29) is 11.4 Å². The standard InChI is InChI=1S/C18H19NO6/c1-11(12-6-7-15(22-2)14(8-12)19(20)21)13-9-16(23-3)18(25-5)17(10-13)24-4/h6-10H,1H2,2-5H3. The van der Waals surface area contributed by atoms with E-state index in [1.165, 1.54) is 40.6 Å². The van der Waals surface area contributed by atoms with Crippen molar-refractivity contribution in [3.05, 3.63) is 58.2 Å². The quantitative estimate of drug-likeness (QED) is 0.562. The Morgan fingerprint density at radius 1 is 0.880 bits per heavy atom. The van der Waals surface area contributed by atoms with E-state index in [2.05, 4.69) is 6.58 Å². The molecule has 0 heterocycles. The third-order valence-electron chi connectivity index (χ3n) is 3.74. The minimum Gasteiger partial charge on any atom is -0.493 e. The lowest BCUT2D eigenvalue weighted by Crippen LogP contribution is -1.98. The molecule has 132 valence electrons. The molecule has 0 saturated carbocycles. The van der Waals surface area contributed by atoms with Gasteiger partial charge in [0.25, 0.3) is 0 Å². The van der Waals surface area contributed by atoms with Gasteiger partial charge in [-0.1, -0.05) is 12.6 Å². The summed E-state index contributed by atoms with van der Waals surface area (Å²) in [6.07, 6.45) is 0. The minimum atomic E-state index is -0.495. The summed E-state index contributed by atoms with van der Waals surface area (Å²) < 4.78 is 21.0. The molecule has 0 aromatic heterocycles. The fourth-order valence-electron chi connectivity index (χ4n) is 2.44. The van der Waals surface area contributed by atoms with Crippen molar-refractivity contribution in [3.63, 3.8) is 0 Å². The Labute approximate surface area is 145 Å². The van der Waals surface area contributed by atoms with E-state index in [1.807, 2.05) is 0 Å². The summed E-state index contributed by atoms with van der Waals surface area (Å²) in [7, 11) is 5.93. The van der Waals surface area contributed by atoms with Crippen LogP contribution in [0.3, 0.4) is 0 Å². The molecule has 7 heteroatoms. The second-order valence-electron chi connectivity index (χ2n) is 5.04. The fraction of sp³-hybridized carbons (Fsp3) is 0.222. The number of rotatable bonds is 7. The molecule has 0 aliphatic carbocycles. The van der Waals surface area contributed by atoms with Crippen molar-refractivity contribution in [3.8, 4) is 23.0 Å². The molecule has 0 spiro atoms. The molecule has 0 aliphatic rings. The van der Waals surface area contributed by atoms with E-state index >= 15 is 0 Å². The zero-order valence-electron chi connectivity index (χ0n) is 14.5. The van der Waals surface area contributed by atoms with Crippen molar-refractivity contribution in [1.29, 1.82) is 0 Å². The van der Waals surface area contributed by atoms with Crippen molar-refractivity contribution in [2.45, 2.75) is 0 Å². The van der Waals surface area contributed by atoms with Crippen LogP contribution in [0, 0.1) is 10.1 Å². The van der Waals surface area contributed by atoms with Crippen molar-refractivity contribution in [2.75, 3.05) is 28.4 Å². The SMILES string of the molecule is C=C(c1cc(OC)c(OC)c(OC)c1)c1ccc(OC)c([N+](=O)[O-])c1. The van der Waals surface area contributed by atoms with Crippen LogP contribution in [0.15, 0.2) is 36.9 Å². The number of nitro benzene ring substituents is 1. The van der Waals surface area contributed by atoms with Crippen LogP contribution in [0.4, 0.5) is 5.69 Å². The third-order valence-corrected chi connectivity index (χ3v) is 3.74. The molecule has 7 nitrogen and oxygen atoms in total. The first-order chi connectivity index (χ1) is 12.0. The van der Waals surface area contributed by atoms with Gasteiger partial charge in [0.15, 0.2) is 17.2 Å². The van der Waals surface area contributed by atoms with Crippen LogP contribution >= 0.6 is 0 Å². The number of nitrogens with zero attached hydrogens (tertiary/aromatic N) is 1. The zero-order chi connectivity index (χ0) is 18.6. The molecule has 0 aliphatic heterocycles. The van der Waals surface area contributed by atoms with E-state index in [4.69, 9.17) is 18.9 Å². The maximum Gasteiger partial charge on any atom is 0.311 e. The number of ether oxygens (including phenoxy) is 4. The van der Waals surface area contributed by atoms with Crippen molar-refractivity contribution >= 4 is 11.3 Å². The second kappa shape index (κ2) is 7.57. The molecule has 0 unspecified atom stereocenters. The third kappa shape index (κ3) is 3.50. The van der Waals surface area contributed by atoms with E-state index in [0.29, 0.717) is 33.9 Å². The van der Waals surface area contributed by atoms with Gasteiger partial charge in [0, 0.05) is 6.07 Å². The van der Waals surface area contributed by atoms with Gasteiger partial charge in [-0.2, -0.15) is 0 Å². The monoisotopic (exact) mass is 345 g/mol. The highest BCUT2D eigenvalue weighted by Crippen LogP contribution is 2.41. The van der Waals surface area contributed by atoms with Gasteiger partial charge in [0.05, 0.1) is 33.4 Å². The molecule has 0 saturated heterocycles. The largest absolute Gasteiger partial charge is 0.493 e. The van der Waals surface area contributed by atoms with Gasteiger partial charge in [-0.15, -0.1) is 0 Å². The average Bonchev–Trinajstić information content (AvgIpc) is 2.65. The molecule has 25 heavy (non-hydrogen) atoms. The van der Waals surface area contributed by atoms with Gasteiger partial charge in [-0.25, -0.2) is 0 Å². The Morgan fingerprint density at radius 3 is 1.88 bits per heavy atom. The minimum absolute atomic E-state index is 0.131. The second-order valence-corrected chi connectivity index (χ2v) is 5.04. The maximum atomic E-state index is 11.2. The van der Waals surface area contributed by atoms with Gasteiger partial charge >= 0.3 is 5.69 Å². The molecular formula is C18H19NO6. The van der Waals surface area contributed by atoms with E-state index in [1.54, 1.807) is 18.2 Å². The zero-order valence-corrected chi connectivity index (χ0v) is 14.5. The van der Waals surface area contributed by atoms with Crippen LogP contribution < -0.4 is 18.9 Å². The molecular weight excluding hydrogens is 326 g/mol. The Hall–Kier alpha value is -3.22. The topological polar surface area (TPSA) is 80.1 Å².